The Morgan fingerprint density at radius 3 is 1.51 bits per heavy atom. The van der Waals surface area contributed by atoms with Gasteiger partial charge in [0.15, 0.2) is 17.5 Å². The number of para-hydroxylation sites is 1. The summed E-state index contributed by atoms with van der Waals surface area (Å²) in [6.07, 6.45) is 0. The van der Waals surface area contributed by atoms with E-state index in [0.717, 1.165) is 11.1 Å². The van der Waals surface area contributed by atoms with Gasteiger partial charge in [-0.2, -0.15) is 4.21 Å². The average molecular weight is 594 g/mol. The lowest BCUT2D eigenvalue weighted by Crippen LogP contribution is -2.11. The maximum atomic E-state index is 12.4. The van der Waals surface area contributed by atoms with Gasteiger partial charge in [0, 0.05) is 17.2 Å². The number of hydrogen-bond donors (Lipinski definition) is 1. The summed E-state index contributed by atoms with van der Waals surface area (Å²) >= 11 is -2.11. The molecule has 0 fully saturated rings. The van der Waals surface area contributed by atoms with Crippen molar-refractivity contribution < 1.29 is 17.7 Å². The molecule has 43 heavy (non-hydrogen) atoms. The summed E-state index contributed by atoms with van der Waals surface area (Å²) in [4.78, 5) is 14.3. The largest absolute Gasteiger partial charge is 0.507 e. The number of phenols is 1. The van der Waals surface area contributed by atoms with Gasteiger partial charge in [-0.05, 0) is 46.2 Å². The zero-order chi connectivity index (χ0) is 30.8. The van der Waals surface area contributed by atoms with Crippen molar-refractivity contribution in [2.75, 3.05) is 0 Å². The predicted octanol–water partition coefficient (Wildman–Crippen LogP) is 8.21. The third kappa shape index (κ3) is 7.27. The Morgan fingerprint density at radius 1 is 0.581 bits per heavy atom. The van der Waals surface area contributed by atoms with Gasteiger partial charge < -0.3 is 13.5 Å². The summed E-state index contributed by atoms with van der Waals surface area (Å²) in [7, 11) is 0. The Kier molecular flexibility index (Phi) is 8.33. The van der Waals surface area contributed by atoms with E-state index in [1.54, 1.807) is 36.4 Å². The van der Waals surface area contributed by atoms with Gasteiger partial charge in [-0.1, -0.05) is 108 Å². The highest BCUT2D eigenvalue weighted by Crippen LogP contribution is 2.34. The number of hydrogen-bond acceptors (Lipinski definition) is 7. The van der Waals surface area contributed by atoms with E-state index in [1.807, 2.05) is 30.3 Å². The zero-order valence-electron chi connectivity index (χ0n) is 25.2. The summed E-state index contributed by atoms with van der Waals surface area (Å²) in [6.45, 7) is 13.0. The molecule has 1 unspecified atom stereocenters. The molecule has 0 saturated carbocycles. The average Bonchev–Trinajstić information content (AvgIpc) is 2.97. The fourth-order valence-electron chi connectivity index (χ4n) is 4.40. The first-order chi connectivity index (χ1) is 20.4. The van der Waals surface area contributed by atoms with E-state index in [1.165, 1.54) is 17.2 Å². The van der Waals surface area contributed by atoms with Crippen LogP contribution in [0.25, 0.3) is 34.2 Å². The van der Waals surface area contributed by atoms with E-state index >= 15 is 0 Å². The molecule has 0 radical (unpaired) electrons. The molecule has 1 atom stereocenters. The van der Waals surface area contributed by atoms with Crippen molar-refractivity contribution in [1.29, 1.82) is 0 Å². The van der Waals surface area contributed by atoms with E-state index in [2.05, 4.69) is 65.8 Å². The second-order valence-electron chi connectivity index (χ2n) is 12.3. The molecule has 0 bridgehead atoms. The minimum Gasteiger partial charge on any atom is -0.507 e. The van der Waals surface area contributed by atoms with Crippen molar-refractivity contribution in [3.63, 3.8) is 0 Å². The Morgan fingerprint density at radius 2 is 1.05 bits per heavy atom. The Labute approximate surface area is 255 Å². The topological polar surface area (TPSA) is 94.4 Å². The fraction of sp³-hybridized carbons (Fsp3) is 0.229. The van der Waals surface area contributed by atoms with Crippen LogP contribution in [0, 0.1) is 0 Å². The van der Waals surface area contributed by atoms with E-state index in [-0.39, 0.29) is 22.3 Å². The molecule has 5 aromatic rings. The van der Waals surface area contributed by atoms with Crippen LogP contribution in [-0.4, -0.2) is 24.3 Å². The first kappa shape index (κ1) is 29.9. The van der Waals surface area contributed by atoms with Gasteiger partial charge in [-0.25, -0.2) is 15.0 Å². The van der Waals surface area contributed by atoms with Crippen molar-refractivity contribution in [2.45, 2.75) is 52.4 Å². The second kappa shape index (κ2) is 12.0. The molecule has 0 amide bonds. The third-order valence-corrected chi connectivity index (χ3v) is 7.59. The lowest BCUT2D eigenvalue weighted by molar-refractivity contribution is 0.453. The number of phenolic OH excluding ortho intramolecular Hbond substituents is 1. The standard InChI is InChI=1S/C35H35N3O4S/c1-34(2,3)25-16-12-23(13-17-25)31-36-32(24-14-18-26(19-15-24)35(4,5)6)38-33(37-31)29-21-20-28(22-30(29)39)42-43(40)41-27-10-8-7-9-11-27/h7-22,39H,1-6H3. The highest BCUT2D eigenvalue weighted by molar-refractivity contribution is 7.75. The van der Waals surface area contributed by atoms with Gasteiger partial charge in [-0.15, -0.1) is 0 Å². The Bertz CT molecular complexity index is 1670. The third-order valence-electron chi connectivity index (χ3n) is 6.94. The molecule has 5 rings (SSSR count). The summed E-state index contributed by atoms with van der Waals surface area (Å²) in [5.41, 5.74) is 4.46. The predicted molar refractivity (Wildman–Crippen MR) is 171 cm³/mol. The van der Waals surface area contributed by atoms with Crippen molar-refractivity contribution in [1.82, 2.24) is 15.0 Å². The summed E-state index contributed by atoms with van der Waals surface area (Å²) in [5, 5.41) is 11.0. The summed E-state index contributed by atoms with van der Waals surface area (Å²) < 4.78 is 23.1. The normalized spacial score (nSPS) is 12.5. The van der Waals surface area contributed by atoms with Crippen LogP contribution in [0.2, 0.25) is 0 Å². The van der Waals surface area contributed by atoms with Crippen molar-refractivity contribution in [3.05, 3.63) is 108 Å². The highest BCUT2D eigenvalue weighted by atomic mass is 32.2. The maximum absolute atomic E-state index is 12.4. The van der Waals surface area contributed by atoms with Crippen LogP contribution < -0.4 is 8.37 Å². The number of benzene rings is 4. The van der Waals surface area contributed by atoms with Crippen LogP contribution in [0.5, 0.6) is 17.2 Å². The van der Waals surface area contributed by atoms with Crippen LogP contribution >= 0.6 is 0 Å². The van der Waals surface area contributed by atoms with E-state index in [0.29, 0.717) is 28.8 Å². The quantitative estimate of drug-likeness (QED) is 0.203. The molecule has 0 aliphatic carbocycles. The van der Waals surface area contributed by atoms with E-state index < -0.39 is 11.4 Å². The molecule has 1 N–H and O–H groups in total. The van der Waals surface area contributed by atoms with Gasteiger partial charge in [0.25, 0.3) is 0 Å². The fourth-order valence-corrected chi connectivity index (χ4v) is 4.96. The molecule has 4 aromatic carbocycles. The molecular formula is C35H35N3O4S. The van der Waals surface area contributed by atoms with Gasteiger partial charge in [0.05, 0.1) is 5.56 Å². The number of rotatable bonds is 7. The van der Waals surface area contributed by atoms with Crippen LogP contribution in [0.4, 0.5) is 0 Å². The van der Waals surface area contributed by atoms with Crippen molar-refractivity contribution >= 4 is 11.4 Å². The minimum atomic E-state index is -2.11. The minimum absolute atomic E-state index is 0.00810. The number of aromatic nitrogens is 3. The van der Waals surface area contributed by atoms with Gasteiger partial charge in [-0.3, -0.25) is 0 Å². The first-order valence-corrected chi connectivity index (χ1v) is 15.0. The summed E-state index contributed by atoms with van der Waals surface area (Å²) in [5.74, 6) is 1.70. The molecule has 0 aliphatic heterocycles. The zero-order valence-corrected chi connectivity index (χ0v) is 26.0. The van der Waals surface area contributed by atoms with Gasteiger partial charge in [0.2, 0.25) is 0 Å². The Balaban J connectivity index is 1.51. The SMILES string of the molecule is CC(C)(C)c1ccc(-c2nc(-c3ccc(C(C)(C)C)cc3)nc(-c3ccc(OS(=O)Oc4ccccc4)cc3O)n2)cc1. The Hall–Kier alpha value is -4.56. The molecule has 220 valence electrons. The molecule has 8 heteroatoms. The molecule has 1 aromatic heterocycles. The number of aromatic hydroxyl groups is 1. The van der Waals surface area contributed by atoms with Crippen molar-refractivity contribution in [3.8, 4) is 51.4 Å². The molecule has 0 saturated heterocycles. The second-order valence-corrected chi connectivity index (χ2v) is 13.1. The molecular weight excluding hydrogens is 558 g/mol. The van der Waals surface area contributed by atoms with Crippen LogP contribution in [0.15, 0.2) is 97.1 Å². The highest BCUT2D eigenvalue weighted by Gasteiger charge is 2.19. The molecule has 0 spiro atoms. The monoisotopic (exact) mass is 593 g/mol. The van der Waals surface area contributed by atoms with E-state index in [4.69, 9.17) is 23.3 Å². The van der Waals surface area contributed by atoms with Gasteiger partial charge >= 0.3 is 11.4 Å². The molecule has 1 heterocycles. The molecule has 0 aliphatic rings. The maximum Gasteiger partial charge on any atom is 0.417 e. The first-order valence-electron chi connectivity index (χ1n) is 14.0. The van der Waals surface area contributed by atoms with Gasteiger partial charge in [0.1, 0.15) is 17.2 Å². The van der Waals surface area contributed by atoms with Crippen molar-refractivity contribution in [2.24, 2.45) is 0 Å². The number of nitrogens with zero attached hydrogens (tertiary/aromatic N) is 3. The van der Waals surface area contributed by atoms with Crippen LogP contribution in [-0.2, 0) is 22.2 Å². The van der Waals surface area contributed by atoms with Crippen LogP contribution in [0.1, 0.15) is 52.7 Å². The van der Waals surface area contributed by atoms with E-state index in [9.17, 15) is 9.32 Å². The summed E-state index contributed by atoms with van der Waals surface area (Å²) in [6, 6.07) is 29.6. The smallest absolute Gasteiger partial charge is 0.417 e. The molecule has 7 nitrogen and oxygen atoms in total. The lowest BCUT2D eigenvalue weighted by Gasteiger charge is -2.19. The van der Waals surface area contributed by atoms with Crippen LogP contribution in [0.3, 0.4) is 0 Å². The lowest BCUT2D eigenvalue weighted by atomic mass is 9.86.